The Hall–Kier alpha value is -3.25. The molecule has 37 heavy (non-hydrogen) atoms. The number of aryl methyl sites for hydroxylation is 3. The van der Waals surface area contributed by atoms with E-state index in [1.807, 2.05) is 95.6 Å². The number of para-hydroxylation sites is 1. The van der Waals surface area contributed by atoms with Gasteiger partial charge in [-0.15, -0.1) is 0 Å². The Morgan fingerprint density at radius 1 is 0.946 bits per heavy atom. The van der Waals surface area contributed by atoms with Crippen molar-refractivity contribution in [1.82, 2.24) is 24.6 Å². The maximum Gasteiger partial charge on any atom is 0.162 e. The Morgan fingerprint density at radius 3 is 2.24 bits per heavy atom. The molecule has 0 unspecified atom stereocenters. The molecule has 3 heterocycles. The summed E-state index contributed by atoms with van der Waals surface area (Å²) in [5.74, 6) is 2.32. The number of benzene rings is 2. The first-order valence-electron chi connectivity index (χ1n) is 14.2. The minimum absolute atomic E-state index is 0.704. The van der Waals surface area contributed by atoms with Crippen LogP contribution in [-0.4, -0.2) is 44.3 Å². The highest BCUT2D eigenvalue weighted by atomic mass is 16.5. The number of piperidine rings is 1. The summed E-state index contributed by atoms with van der Waals surface area (Å²) in [6, 6.07) is 15.1. The number of nitrogens with zero attached hydrogens (tertiary/aromatic N) is 5. The zero-order chi connectivity index (χ0) is 27.9. The van der Waals surface area contributed by atoms with Crippen LogP contribution in [0.5, 0.6) is 11.5 Å². The van der Waals surface area contributed by atoms with Crippen molar-refractivity contribution in [3.63, 3.8) is 0 Å². The van der Waals surface area contributed by atoms with Crippen LogP contribution >= 0.6 is 0 Å². The van der Waals surface area contributed by atoms with E-state index in [-0.39, 0.29) is 0 Å². The first-order chi connectivity index (χ1) is 18.4. The third kappa shape index (κ3) is 6.37. The minimum atomic E-state index is -0.819. The molecule has 1 saturated heterocycles. The van der Waals surface area contributed by atoms with E-state index in [0.29, 0.717) is 5.82 Å². The van der Waals surface area contributed by atoms with Crippen LogP contribution in [0.2, 0.25) is 0 Å². The van der Waals surface area contributed by atoms with Gasteiger partial charge in [0, 0.05) is 18.7 Å². The van der Waals surface area contributed by atoms with E-state index in [4.69, 9.17) is 14.8 Å². The summed E-state index contributed by atoms with van der Waals surface area (Å²) in [5.41, 5.74) is 4.47. The predicted molar refractivity (Wildman–Crippen MR) is 155 cm³/mol. The van der Waals surface area contributed by atoms with Crippen LogP contribution in [0.3, 0.4) is 0 Å². The normalized spacial score (nSPS) is 15.2. The SMILES string of the molecule is CC.CC.[3H]C1(n2nc(-c3ccc(Oc4ccccc4)c(C)c3)c3c(C)nc(C)nc32)CCN(CC)CC1. The second-order valence-corrected chi connectivity index (χ2v) is 8.71. The maximum absolute atomic E-state index is 9.32. The van der Waals surface area contributed by atoms with Gasteiger partial charge in [-0.05, 0) is 76.1 Å². The van der Waals surface area contributed by atoms with Crippen molar-refractivity contribution in [2.75, 3.05) is 19.6 Å². The van der Waals surface area contributed by atoms with Crippen LogP contribution in [0.4, 0.5) is 0 Å². The van der Waals surface area contributed by atoms with Crippen molar-refractivity contribution in [3.05, 3.63) is 65.6 Å². The molecular formula is C31H43N5O. The van der Waals surface area contributed by atoms with E-state index in [2.05, 4.69) is 22.9 Å². The lowest BCUT2D eigenvalue weighted by atomic mass is 10.0. The topological polar surface area (TPSA) is 56.1 Å². The molecule has 0 atom stereocenters. The predicted octanol–water partition coefficient (Wildman–Crippen LogP) is 7.92. The fourth-order valence-electron chi connectivity index (χ4n) is 4.61. The van der Waals surface area contributed by atoms with Gasteiger partial charge in [0.25, 0.3) is 0 Å². The molecular weight excluding hydrogens is 458 g/mol. The highest BCUT2D eigenvalue weighted by Gasteiger charge is 2.26. The van der Waals surface area contributed by atoms with Gasteiger partial charge in [-0.3, -0.25) is 0 Å². The second-order valence-electron chi connectivity index (χ2n) is 8.71. The molecule has 0 saturated carbocycles. The number of likely N-dealkylation sites (tertiary alicyclic amines) is 1. The monoisotopic (exact) mass is 503 g/mol. The summed E-state index contributed by atoms with van der Waals surface area (Å²) in [6.07, 6.45) is 1.45. The molecule has 6 heteroatoms. The molecule has 0 aliphatic carbocycles. The number of rotatable bonds is 5. The van der Waals surface area contributed by atoms with Crippen molar-refractivity contribution < 1.29 is 6.11 Å². The molecule has 0 amide bonds. The Morgan fingerprint density at radius 2 is 1.62 bits per heavy atom. The summed E-state index contributed by atoms with van der Waals surface area (Å²) in [7, 11) is 0. The Bertz CT molecular complexity index is 1330. The minimum Gasteiger partial charge on any atom is -0.457 e. The first-order valence-corrected chi connectivity index (χ1v) is 13.7. The summed E-state index contributed by atoms with van der Waals surface area (Å²) >= 11 is 0. The molecule has 0 bridgehead atoms. The van der Waals surface area contributed by atoms with Gasteiger partial charge in [-0.25, -0.2) is 14.6 Å². The van der Waals surface area contributed by atoms with Crippen molar-refractivity contribution in [2.45, 2.75) is 74.2 Å². The zero-order valence-electron chi connectivity index (χ0n) is 24.8. The van der Waals surface area contributed by atoms with Crippen molar-refractivity contribution in [2.24, 2.45) is 0 Å². The fourth-order valence-corrected chi connectivity index (χ4v) is 4.61. The lowest BCUT2D eigenvalue weighted by molar-refractivity contribution is 0.190. The summed E-state index contributed by atoms with van der Waals surface area (Å²) in [5, 5.41) is 5.95. The van der Waals surface area contributed by atoms with Gasteiger partial charge in [0.1, 0.15) is 23.0 Å². The quantitative estimate of drug-likeness (QED) is 0.277. The fraction of sp³-hybridized carbons (Fsp3) is 0.452. The number of aromatic nitrogens is 4. The second kappa shape index (κ2) is 13.3. The molecule has 2 aromatic heterocycles. The summed E-state index contributed by atoms with van der Waals surface area (Å²) in [4.78, 5) is 11.8. The lowest BCUT2D eigenvalue weighted by Gasteiger charge is -2.31. The smallest absolute Gasteiger partial charge is 0.162 e. The molecule has 1 aliphatic rings. The molecule has 0 radical (unpaired) electrons. The van der Waals surface area contributed by atoms with Gasteiger partial charge in [0.05, 0.1) is 18.5 Å². The van der Waals surface area contributed by atoms with Crippen LogP contribution in [0.1, 0.15) is 71.9 Å². The van der Waals surface area contributed by atoms with E-state index in [0.717, 1.165) is 77.5 Å². The number of hydrogen-bond donors (Lipinski definition) is 0. The van der Waals surface area contributed by atoms with E-state index >= 15 is 0 Å². The van der Waals surface area contributed by atoms with Gasteiger partial charge in [-0.2, -0.15) is 5.10 Å². The number of hydrogen-bond acceptors (Lipinski definition) is 5. The van der Waals surface area contributed by atoms with Crippen LogP contribution < -0.4 is 4.74 Å². The van der Waals surface area contributed by atoms with E-state index in [9.17, 15) is 1.37 Å². The average molecular weight is 504 g/mol. The molecule has 6 nitrogen and oxygen atoms in total. The third-order valence-electron chi connectivity index (χ3n) is 6.42. The molecule has 1 fully saturated rings. The number of ether oxygens (including phenoxy) is 1. The van der Waals surface area contributed by atoms with Crippen molar-refractivity contribution in [1.29, 1.82) is 0 Å². The van der Waals surface area contributed by atoms with Gasteiger partial charge in [0.15, 0.2) is 5.65 Å². The molecule has 5 rings (SSSR count). The Balaban J connectivity index is 0.000000956. The highest BCUT2D eigenvalue weighted by Crippen LogP contribution is 2.35. The first kappa shape index (κ1) is 26.8. The van der Waals surface area contributed by atoms with Crippen LogP contribution in [0.15, 0.2) is 48.5 Å². The van der Waals surface area contributed by atoms with Gasteiger partial charge in [0.2, 0.25) is 0 Å². The largest absolute Gasteiger partial charge is 0.457 e. The van der Waals surface area contributed by atoms with E-state index in [1.54, 1.807) is 0 Å². The molecule has 4 aromatic rings. The van der Waals surface area contributed by atoms with E-state index < -0.39 is 6.02 Å². The van der Waals surface area contributed by atoms with Crippen molar-refractivity contribution >= 4 is 11.0 Å². The van der Waals surface area contributed by atoms with E-state index in [1.165, 1.54) is 0 Å². The van der Waals surface area contributed by atoms with Crippen molar-refractivity contribution in [3.8, 4) is 22.8 Å². The highest BCUT2D eigenvalue weighted by molar-refractivity contribution is 5.93. The summed E-state index contributed by atoms with van der Waals surface area (Å²) < 4.78 is 17.3. The maximum atomic E-state index is 9.32. The summed E-state index contributed by atoms with van der Waals surface area (Å²) in [6.45, 7) is 18.9. The molecule has 0 spiro atoms. The van der Waals surface area contributed by atoms with Gasteiger partial charge < -0.3 is 9.64 Å². The molecule has 0 N–H and O–H groups in total. The average Bonchev–Trinajstić information content (AvgIpc) is 3.34. The third-order valence-corrected chi connectivity index (χ3v) is 6.42. The zero-order valence-corrected chi connectivity index (χ0v) is 23.8. The standard InChI is InChI=1S/C27H31N5O.2C2H6/c1-5-31-15-13-22(14-16-31)32-27-25(19(3)28-20(4)29-27)26(30-32)21-11-12-24(18(2)17-21)33-23-9-7-6-8-10-23;2*1-2/h6-12,17,22H,5,13-16H2,1-4H3;2*1-2H3/i22T;;. The Labute approximate surface area is 224 Å². The molecule has 198 valence electrons. The molecule has 1 aliphatic heterocycles. The van der Waals surface area contributed by atoms with Crippen LogP contribution in [0, 0.1) is 20.8 Å². The Kier molecular flexibility index (Phi) is 9.66. The van der Waals surface area contributed by atoms with Crippen LogP contribution in [-0.2, 0) is 0 Å². The number of fused-ring (bicyclic) bond motifs is 1. The van der Waals surface area contributed by atoms with Gasteiger partial charge in [-0.1, -0.05) is 52.8 Å². The van der Waals surface area contributed by atoms with Gasteiger partial charge >= 0.3 is 0 Å². The lowest BCUT2D eigenvalue weighted by Crippen LogP contribution is -2.34. The molecule has 2 aromatic carbocycles. The van der Waals surface area contributed by atoms with Crippen LogP contribution in [0.25, 0.3) is 22.3 Å².